The van der Waals surface area contributed by atoms with Crippen LogP contribution < -0.4 is 15.6 Å². The van der Waals surface area contributed by atoms with Gasteiger partial charge in [-0.15, -0.1) is 0 Å². The Morgan fingerprint density at radius 3 is 2.18 bits per heavy atom. The average molecular weight is 404 g/mol. The second-order valence-corrected chi connectivity index (χ2v) is 8.99. The van der Waals surface area contributed by atoms with Gasteiger partial charge in [0, 0.05) is 6.20 Å². The molecule has 0 radical (unpaired) electrons. The first kappa shape index (κ1) is 21.5. The summed E-state index contributed by atoms with van der Waals surface area (Å²) in [5.74, 6) is -1.32. The summed E-state index contributed by atoms with van der Waals surface area (Å²) < 4.78 is 27.2. The molecule has 1 aromatic heterocycles. The van der Waals surface area contributed by atoms with Crippen LogP contribution in [-0.2, 0) is 20.2 Å². The van der Waals surface area contributed by atoms with E-state index in [4.69, 9.17) is 0 Å². The SMILES string of the molecule is C[C@H](NS(=O)(=O)c1ccc(C(C)(C)C)cc1)C(=O)NNC(=O)c1ccccn1. The van der Waals surface area contributed by atoms with Gasteiger partial charge in [0.2, 0.25) is 10.0 Å². The summed E-state index contributed by atoms with van der Waals surface area (Å²) in [6.45, 7) is 7.46. The van der Waals surface area contributed by atoms with E-state index in [0.29, 0.717) is 0 Å². The van der Waals surface area contributed by atoms with Crippen molar-refractivity contribution in [3.8, 4) is 0 Å². The van der Waals surface area contributed by atoms with E-state index in [2.05, 4.69) is 20.6 Å². The summed E-state index contributed by atoms with van der Waals surface area (Å²) in [6, 6.07) is 10.1. The standard InChI is InChI=1S/C19H24N4O4S/c1-13(17(24)21-22-18(25)16-7-5-6-12-20-16)23-28(26,27)15-10-8-14(9-11-15)19(2,3)4/h5-13,23H,1-4H3,(H,21,24)(H,22,25)/t13-/m0/s1. The zero-order valence-corrected chi connectivity index (χ0v) is 17.0. The number of nitrogens with zero attached hydrogens (tertiary/aromatic N) is 1. The van der Waals surface area contributed by atoms with Crippen LogP contribution >= 0.6 is 0 Å². The maximum atomic E-state index is 12.5. The van der Waals surface area contributed by atoms with Crippen LogP contribution in [0.1, 0.15) is 43.7 Å². The summed E-state index contributed by atoms with van der Waals surface area (Å²) in [6.07, 6.45) is 1.44. The van der Waals surface area contributed by atoms with E-state index < -0.39 is 27.9 Å². The second kappa shape index (κ2) is 8.49. The number of nitrogens with one attached hydrogen (secondary N) is 3. The summed E-state index contributed by atoms with van der Waals surface area (Å²) in [5.41, 5.74) is 5.38. The molecule has 1 atom stereocenters. The number of hydrogen-bond acceptors (Lipinski definition) is 5. The van der Waals surface area contributed by atoms with Crippen molar-refractivity contribution < 1.29 is 18.0 Å². The molecule has 0 aliphatic rings. The second-order valence-electron chi connectivity index (χ2n) is 7.28. The third kappa shape index (κ3) is 5.61. The predicted molar refractivity (Wildman–Crippen MR) is 105 cm³/mol. The highest BCUT2D eigenvalue weighted by atomic mass is 32.2. The molecule has 0 aliphatic carbocycles. The quantitative estimate of drug-likeness (QED) is 0.653. The number of rotatable bonds is 5. The highest BCUT2D eigenvalue weighted by Crippen LogP contribution is 2.23. The fourth-order valence-corrected chi connectivity index (χ4v) is 3.48. The van der Waals surface area contributed by atoms with Crippen molar-refractivity contribution in [2.75, 3.05) is 0 Å². The summed E-state index contributed by atoms with van der Waals surface area (Å²) in [4.78, 5) is 27.9. The van der Waals surface area contributed by atoms with Crippen LogP contribution in [0.2, 0.25) is 0 Å². The Morgan fingerprint density at radius 1 is 1.00 bits per heavy atom. The van der Waals surface area contributed by atoms with E-state index in [9.17, 15) is 18.0 Å². The zero-order chi connectivity index (χ0) is 20.9. The molecule has 0 bridgehead atoms. The molecule has 1 heterocycles. The van der Waals surface area contributed by atoms with Gasteiger partial charge in [0.25, 0.3) is 11.8 Å². The average Bonchev–Trinajstić information content (AvgIpc) is 2.65. The van der Waals surface area contributed by atoms with Crippen LogP contribution in [0.5, 0.6) is 0 Å². The molecule has 2 rings (SSSR count). The van der Waals surface area contributed by atoms with Crippen molar-refractivity contribution in [2.24, 2.45) is 0 Å². The van der Waals surface area contributed by atoms with Crippen molar-refractivity contribution in [1.29, 1.82) is 0 Å². The molecular formula is C19H24N4O4S. The lowest BCUT2D eigenvalue weighted by atomic mass is 9.87. The Balaban J connectivity index is 1.97. The Kier molecular flexibility index (Phi) is 6.52. The number of sulfonamides is 1. The van der Waals surface area contributed by atoms with E-state index in [-0.39, 0.29) is 16.0 Å². The molecule has 0 saturated carbocycles. The van der Waals surface area contributed by atoms with Gasteiger partial charge in [-0.25, -0.2) is 8.42 Å². The van der Waals surface area contributed by atoms with Gasteiger partial charge in [-0.1, -0.05) is 39.0 Å². The van der Waals surface area contributed by atoms with Gasteiger partial charge in [0.15, 0.2) is 0 Å². The molecule has 0 aliphatic heterocycles. The van der Waals surface area contributed by atoms with Crippen molar-refractivity contribution >= 4 is 21.8 Å². The largest absolute Gasteiger partial charge is 0.288 e. The van der Waals surface area contributed by atoms with E-state index in [1.807, 2.05) is 20.8 Å². The predicted octanol–water partition coefficient (Wildman–Crippen LogP) is 1.51. The van der Waals surface area contributed by atoms with Crippen molar-refractivity contribution in [3.63, 3.8) is 0 Å². The van der Waals surface area contributed by atoms with Gasteiger partial charge >= 0.3 is 0 Å². The van der Waals surface area contributed by atoms with Crippen LogP contribution in [0.15, 0.2) is 53.6 Å². The normalized spacial score (nSPS) is 12.9. The van der Waals surface area contributed by atoms with Crippen LogP contribution in [0.25, 0.3) is 0 Å². The highest BCUT2D eigenvalue weighted by molar-refractivity contribution is 7.89. The lowest BCUT2D eigenvalue weighted by molar-refractivity contribution is -0.123. The monoisotopic (exact) mass is 404 g/mol. The topological polar surface area (TPSA) is 117 Å². The van der Waals surface area contributed by atoms with Gasteiger partial charge in [0.1, 0.15) is 5.69 Å². The molecule has 0 fully saturated rings. The first-order chi connectivity index (χ1) is 13.0. The van der Waals surface area contributed by atoms with Crippen LogP contribution in [0.4, 0.5) is 0 Å². The Labute approximate surface area is 164 Å². The number of carbonyl (C=O) groups excluding carboxylic acids is 2. The van der Waals surface area contributed by atoms with E-state index >= 15 is 0 Å². The molecule has 3 N–H and O–H groups in total. The fourth-order valence-electron chi connectivity index (χ4n) is 2.28. The van der Waals surface area contributed by atoms with Crippen molar-refractivity contribution in [1.82, 2.24) is 20.6 Å². The van der Waals surface area contributed by atoms with Crippen LogP contribution in [0, 0.1) is 0 Å². The molecule has 0 unspecified atom stereocenters. The number of pyridine rings is 1. The van der Waals surface area contributed by atoms with Crippen LogP contribution in [0.3, 0.4) is 0 Å². The molecule has 8 nitrogen and oxygen atoms in total. The fraction of sp³-hybridized carbons (Fsp3) is 0.316. The number of amides is 2. The molecule has 2 amide bonds. The lowest BCUT2D eigenvalue weighted by Crippen LogP contribution is -2.51. The molecule has 150 valence electrons. The molecular weight excluding hydrogens is 380 g/mol. The van der Waals surface area contributed by atoms with Crippen molar-refractivity contribution in [2.45, 2.75) is 44.0 Å². The van der Waals surface area contributed by atoms with Gasteiger partial charge in [-0.05, 0) is 42.2 Å². The molecule has 1 aromatic carbocycles. The summed E-state index contributed by atoms with van der Waals surface area (Å²) in [7, 11) is -3.89. The Bertz CT molecular complexity index is 936. The summed E-state index contributed by atoms with van der Waals surface area (Å²) >= 11 is 0. The lowest BCUT2D eigenvalue weighted by Gasteiger charge is -2.19. The minimum Gasteiger partial charge on any atom is -0.271 e. The number of hydrazine groups is 1. The molecule has 9 heteroatoms. The molecule has 0 saturated heterocycles. The van der Waals surface area contributed by atoms with Crippen LogP contribution in [-0.4, -0.2) is 31.3 Å². The number of benzene rings is 1. The third-order valence-corrected chi connectivity index (χ3v) is 5.51. The first-order valence-electron chi connectivity index (χ1n) is 8.65. The third-order valence-electron chi connectivity index (χ3n) is 3.95. The maximum absolute atomic E-state index is 12.5. The molecule has 0 spiro atoms. The number of hydrogen-bond donors (Lipinski definition) is 3. The Hall–Kier alpha value is -2.78. The maximum Gasteiger partial charge on any atom is 0.288 e. The van der Waals surface area contributed by atoms with Gasteiger partial charge in [-0.2, -0.15) is 4.72 Å². The zero-order valence-electron chi connectivity index (χ0n) is 16.2. The smallest absolute Gasteiger partial charge is 0.271 e. The summed E-state index contributed by atoms with van der Waals surface area (Å²) in [5, 5.41) is 0. The van der Waals surface area contributed by atoms with E-state index in [1.54, 1.807) is 24.3 Å². The minimum absolute atomic E-state index is 0.0534. The molecule has 28 heavy (non-hydrogen) atoms. The van der Waals surface area contributed by atoms with Gasteiger partial charge < -0.3 is 0 Å². The van der Waals surface area contributed by atoms with E-state index in [1.165, 1.54) is 31.3 Å². The number of carbonyl (C=O) groups is 2. The highest BCUT2D eigenvalue weighted by Gasteiger charge is 2.23. The first-order valence-corrected chi connectivity index (χ1v) is 10.1. The van der Waals surface area contributed by atoms with Gasteiger partial charge in [-0.3, -0.25) is 25.4 Å². The minimum atomic E-state index is -3.89. The van der Waals surface area contributed by atoms with E-state index in [0.717, 1.165) is 5.56 Å². The Morgan fingerprint density at radius 2 is 1.64 bits per heavy atom. The van der Waals surface area contributed by atoms with Gasteiger partial charge in [0.05, 0.1) is 10.9 Å². The number of aromatic nitrogens is 1. The van der Waals surface area contributed by atoms with Crippen molar-refractivity contribution in [3.05, 3.63) is 59.9 Å². The molecule has 2 aromatic rings.